The fraction of sp³-hybridized carbons (Fsp3) is 0.294. The number of nitriles is 1. The summed E-state index contributed by atoms with van der Waals surface area (Å²) in [5.41, 5.74) is 1.79. The monoisotopic (exact) mass is 311 g/mol. The van der Waals surface area contributed by atoms with Crippen LogP contribution in [0.3, 0.4) is 0 Å². The van der Waals surface area contributed by atoms with Gasteiger partial charge in [-0.25, -0.2) is 0 Å². The Hall–Kier alpha value is -2.16. The molecule has 2 heterocycles. The SMILES string of the molecule is N#Cc1ccccc1CN1CCN(C(=O)c2cccs2)CC1. The van der Waals surface area contributed by atoms with Gasteiger partial charge < -0.3 is 4.90 Å². The Kier molecular flexibility index (Phi) is 4.52. The molecule has 5 heteroatoms. The van der Waals surface area contributed by atoms with Crippen LogP contribution in [0.25, 0.3) is 0 Å². The highest BCUT2D eigenvalue weighted by Gasteiger charge is 2.22. The van der Waals surface area contributed by atoms with Crippen molar-refractivity contribution in [1.82, 2.24) is 9.80 Å². The number of carbonyl (C=O) groups is 1. The van der Waals surface area contributed by atoms with Gasteiger partial charge in [0.25, 0.3) is 5.91 Å². The number of thiophene rings is 1. The van der Waals surface area contributed by atoms with E-state index in [-0.39, 0.29) is 5.91 Å². The van der Waals surface area contributed by atoms with Gasteiger partial charge >= 0.3 is 0 Å². The number of rotatable bonds is 3. The molecule has 0 unspecified atom stereocenters. The maximum Gasteiger partial charge on any atom is 0.264 e. The Labute approximate surface area is 134 Å². The largest absolute Gasteiger partial charge is 0.335 e. The van der Waals surface area contributed by atoms with E-state index in [1.54, 1.807) is 0 Å². The zero-order chi connectivity index (χ0) is 15.4. The van der Waals surface area contributed by atoms with E-state index in [4.69, 9.17) is 5.26 Å². The molecule has 0 N–H and O–H groups in total. The molecule has 0 bridgehead atoms. The molecule has 0 radical (unpaired) electrons. The lowest BCUT2D eigenvalue weighted by Gasteiger charge is -2.34. The van der Waals surface area contributed by atoms with E-state index in [2.05, 4.69) is 11.0 Å². The maximum atomic E-state index is 12.3. The van der Waals surface area contributed by atoms with Crippen LogP contribution in [0.4, 0.5) is 0 Å². The highest BCUT2D eigenvalue weighted by atomic mass is 32.1. The van der Waals surface area contributed by atoms with Gasteiger partial charge in [-0.2, -0.15) is 5.26 Å². The fourth-order valence-electron chi connectivity index (χ4n) is 2.67. The van der Waals surface area contributed by atoms with Gasteiger partial charge in [-0.3, -0.25) is 9.69 Å². The van der Waals surface area contributed by atoms with Gasteiger partial charge in [0.2, 0.25) is 0 Å². The lowest BCUT2D eigenvalue weighted by atomic mass is 10.1. The smallest absolute Gasteiger partial charge is 0.264 e. The molecule has 1 aromatic heterocycles. The molecule has 1 fully saturated rings. The Morgan fingerprint density at radius 2 is 1.91 bits per heavy atom. The first-order valence-electron chi connectivity index (χ1n) is 7.31. The quantitative estimate of drug-likeness (QED) is 0.875. The van der Waals surface area contributed by atoms with E-state index in [0.29, 0.717) is 0 Å². The molecule has 0 spiro atoms. The molecule has 0 atom stereocenters. The van der Waals surface area contributed by atoms with Gasteiger partial charge in [-0.05, 0) is 23.1 Å². The number of piperazine rings is 1. The summed E-state index contributed by atoms with van der Waals surface area (Å²) >= 11 is 1.49. The van der Waals surface area contributed by atoms with E-state index < -0.39 is 0 Å². The highest BCUT2D eigenvalue weighted by molar-refractivity contribution is 7.12. The second-order valence-corrected chi connectivity index (χ2v) is 6.26. The van der Waals surface area contributed by atoms with Crippen LogP contribution in [0.5, 0.6) is 0 Å². The zero-order valence-electron chi connectivity index (χ0n) is 12.2. The van der Waals surface area contributed by atoms with E-state index in [1.165, 1.54) is 11.3 Å². The first-order valence-corrected chi connectivity index (χ1v) is 8.19. The van der Waals surface area contributed by atoms with Gasteiger partial charge in [0.05, 0.1) is 16.5 Å². The van der Waals surface area contributed by atoms with E-state index in [1.807, 2.05) is 46.7 Å². The number of carbonyl (C=O) groups excluding carboxylic acids is 1. The summed E-state index contributed by atoms with van der Waals surface area (Å²) in [6.07, 6.45) is 0. The van der Waals surface area contributed by atoms with E-state index >= 15 is 0 Å². The summed E-state index contributed by atoms with van der Waals surface area (Å²) in [5.74, 6) is 0.132. The van der Waals surface area contributed by atoms with Gasteiger partial charge in [0.15, 0.2) is 0 Å². The third-order valence-corrected chi connectivity index (χ3v) is 4.78. The van der Waals surface area contributed by atoms with Gasteiger partial charge in [0, 0.05) is 32.7 Å². The van der Waals surface area contributed by atoms with Crippen LogP contribution < -0.4 is 0 Å². The number of benzene rings is 1. The molecule has 1 saturated heterocycles. The summed E-state index contributed by atoms with van der Waals surface area (Å²) < 4.78 is 0. The Balaban J connectivity index is 1.58. The van der Waals surface area contributed by atoms with Gasteiger partial charge in [0.1, 0.15) is 0 Å². The summed E-state index contributed by atoms with van der Waals surface area (Å²) in [6, 6.07) is 13.7. The molecule has 1 aliphatic rings. The average Bonchev–Trinajstić information content (AvgIpc) is 3.10. The lowest BCUT2D eigenvalue weighted by Crippen LogP contribution is -2.48. The van der Waals surface area contributed by atoms with Gasteiger partial charge in [-0.15, -0.1) is 11.3 Å². The molecule has 1 aliphatic heterocycles. The van der Waals surface area contributed by atoms with Crippen LogP contribution in [-0.2, 0) is 6.54 Å². The Bertz CT molecular complexity index is 682. The van der Waals surface area contributed by atoms with Crippen LogP contribution in [0, 0.1) is 11.3 Å². The molecule has 22 heavy (non-hydrogen) atoms. The maximum absolute atomic E-state index is 12.3. The third kappa shape index (κ3) is 3.19. The first-order chi connectivity index (χ1) is 10.8. The van der Waals surface area contributed by atoms with Crippen LogP contribution >= 0.6 is 11.3 Å². The number of amides is 1. The minimum absolute atomic E-state index is 0.132. The molecule has 1 amide bonds. The van der Waals surface area contributed by atoms with Crippen molar-refractivity contribution in [1.29, 1.82) is 5.26 Å². The van der Waals surface area contributed by atoms with Crippen molar-refractivity contribution < 1.29 is 4.79 Å². The first kappa shape index (κ1) is 14.8. The summed E-state index contributed by atoms with van der Waals surface area (Å²) in [5, 5.41) is 11.1. The minimum Gasteiger partial charge on any atom is -0.335 e. The summed E-state index contributed by atoms with van der Waals surface area (Å²) in [4.78, 5) is 17.3. The van der Waals surface area contributed by atoms with Crippen molar-refractivity contribution in [3.63, 3.8) is 0 Å². The molecule has 0 aliphatic carbocycles. The minimum atomic E-state index is 0.132. The predicted octanol–water partition coefficient (Wildman–Crippen LogP) is 2.58. The summed E-state index contributed by atoms with van der Waals surface area (Å²) in [6.45, 7) is 3.94. The molecular formula is C17H17N3OS. The van der Waals surface area contributed by atoms with Crippen molar-refractivity contribution >= 4 is 17.2 Å². The third-order valence-electron chi connectivity index (χ3n) is 3.92. The lowest BCUT2D eigenvalue weighted by molar-refractivity contribution is 0.0633. The second-order valence-electron chi connectivity index (χ2n) is 5.31. The van der Waals surface area contributed by atoms with Crippen LogP contribution in [0.2, 0.25) is 0 Å². The Morgan fingerprint density at radius 3 is 2.59 bits per heavy atom. The second kappa shape index (κ2) is 6.73. The average molecular weight is 311 g/mol. The number of hydrogen-bond acceptors (Lipinski definition) is 4. The molecule has 3 rings (SSSR count). The molecular weight excluding hydrogens is 294 g/mol. The van der Waals surface area contributed by atoms with E-state index in [9.17, 15) is 4.79 Å². The topological polar surface area (TPSA) is 47.3 Å². The number of nitrogens with zero attached hydrogens (tertiary/aromatic N) is 3. The van der Waals surface area contributed by atoms with E-state index in [0.717, 1.165) is 48.7 Å². The van der Waals surface area contributed by atoms with Crippen molar-refractivity contribution in [3.8, 4) is 6.07 Å². The normalized spacial score (nSPS) is 15.5. The number of hydrogen-bond donors (Lipinski definition) is 0. The van der Waals surface area contributed by atoms with Crippen molar-refractivity contribution in [2.45, 2.75) is 6.54 Å². The molecule has 4 nitrogen and oxygen atoms in total. The van der Waals surface area contributed by atoms with Crippen LogP contribution in [0.15, 0.2) is 41.8 Å². The standard InChI is InChI=1S/C17H17N3OS/c18-12-14-4-1-2-5-15(14)13-19-7-9-20(10-8-19)17(21)16-6-3-11-22-16/h1-6,11H,7-10,13H2. The molecule has 1 aromatic carbocycles. The van der Waals surface area contributed by atoms with Crippen LogP contribution in [0.1, 0.15) is 20.8 Å². The highest BCUT2D eigenvalue weighted by Crippen LogP contribution is 2.16. The molecule has 112 valence electrons. The van der Waals surface area contributed by atoms with Crippen molar-refractivity contribution in [3.05, 3.63) is 57.8 Å². The van der Waals surface area contributed by atoms with Crippen molar-refractivity contribution in [2.75, 3.05) is 26.2 Å². The summed E-state index contributed by atoms with van der Waals surface area (Å²) in [7, 11) is 0. The zero-order valence-corrected chi connectivity index (χ0v) is 13.1. The Morgan fingerprint density at radius 1 is 1.14 bits per heavy atom. The molecule has 2 aromatic rings. The van der Waals surface area contributed by atoms with Crippen molar-refractivity contribution in [2.24, 2.45) is 0 Å². The fourth-order valence-corrected chi connectivity index (χ4v) is 3.36. The van der Waals surface area contributed by atoms with Gasteiger partial charge in [-0.1, -0.05) is 24.3 Å². The predicted molar refractivity (Wildman–Crippen MR) is 86.7 cm³/mol. The molecule has 0 saturated carbocycles. The van der Waals surface area contributed by atoms with Crippen LogP contribution in [-0.4, -0.2) is 41.9 Å².